The predicted octanol–water partition coefficient (Wildman–Crippen LogP) is 0.816. The average Bonchev–Trinajstić information content (AvgIpc) is 2.43. The summed E-state index contributed by atoms with van der Waals surface area (Å²) in [5.41, 5.74) is 0.987. The molecule has 12 heavy (non-hydrogen) atoms. The molecule has 0 amide bonds. The van der Waals surface area contributed by atoms with Crippen molar-refractivity contribution in [2.75, 3.05) is 14.2 Å². The van der Waals surface area contributed by atoms with Gasteiger partial charge in [0.05, 0.1) is 6.92 Å². The maximum absolute atomic E-state index is 5.22. The van der Waals surface area contributed by atoms with Crippen LogP contribution >= 0.6 is 0 Å². The maximum Gasteiger partial charge on any atom is 0.413 e. The molecule has 1 aliphatic rings. The van der Waals surface area contributed by atoms with E-state index in [-0.39, 0.29) is 0 Å². The van der Waals surface area contributed by atoms with Gasteiger partial charge in [-0.2, -0.15) is 4.99 Å². The number of methoxy groups -OCH3 is 1. The van der Waals surface area contributed by atoms with Crippen LogP contribution in [0.15, 0.2) is 4.99 Å². The molecule has 0 N–H and O–H groups in total. The van der Waals surface area contributed by atoms with Crippen LogP contribution in [0.5, 0.6) is 0 Å². The van der Waals surface area contributed by atoms with E-state index in [1.165, 1.54) is 0 Å². The molecule has 68 valence electrons. The predicted molar refractivity (Wildman–Crippen MR) is 46.5 cm³/mol. The van der Waals surface area contributed by atoms with Gasteiger partial charge in [0.2, 0.25) is 6.21 Å². The third-order valence-corrected chi connectivity index (χ3v) is 1.97. The molecule has 1 heterocycles. The lowest BCUT2D eigenvalue weighted by Gasteiger charge is -2.12. The minimum Gasteiger partial charge on any atom is -0.300 e. The second-order valence-electron chi connectivity index (χ2n) is 2.73. The number of aliphatic imine (C=N–C) groups is 1. The van der Waals surface area contributed by atoms with E-state index in [4.69, 9.17) is 9.57 Å². The molecule has 0 saturated carbocycles. The first-order valence-corrected chi connectivity index (χ1v) is 3.98. The number of rotatable bonds is 3. The van der Waals surface area contributed by atoms with Crippen LogP contribution in [0.4, 0.5) is 0 Å². The van der Waals surface area contributed by atoms with Gasteiger partial charge in [-0.3, -0.25) is 9.57 Å². The monoisotopic (exact) mass is 171 g/mol. The Morgan fingerprint density at radius 3 is 2.58 bits per heavy atom. The van der Waals surface area contributed by atoms with Crippen LogP contribution in [0.1, 0.15) is 20.3 Å². The van der Waals surface area contributed by atoms with Crippen molar-refractivity contribution in [2.45, 2.75) is 26.1 Å². The lowest BCUT2D eigenvalue weighted by atomic mass is 10.3. The highest BCUT2D eigenvalue weighted by molar-refractivity contribution is 6.29. The van der Waals surface area contributed by atoms with Gasteiger partial charge in [-0.25, -0.2) is 0 Å². The fourth-order valence-electron chi connectivity index (χ4n) is 1.13. The molecule has 0 aliphatic carbocycles. The summed E-state index contributed by atoms with van der Waals surface area (Å²) < 4.78 is 6.82. The van der Waals surface area contributed by atoms with E-state index < -0.39 is 5.85 Å². The summed E-state index contributed by atoms with van der Waals surface area (Å²) in [6.45, 7) is 3.90. The van der Waals surface area contributed by atoms with Crippen molar-refractivity contribution in [1.82, 2.24) is 0 Å². The number of hydroxylamine groups is 1. The molecule has 0 aromatic heterocycles. The Balaban J connectivity index is 2.90. The Morgan fingerprint density at radius 2 is 2.25 bits per heavy atom. The molecule has 0 radical (unpaired) electrons. The summed E-state index contributed by atoms with van der Waals surface area (Å²) in [7, 11) is 3.21. The molecular weight excluding hydrogens is 156 g/mol. The molecule has 0 bridgehead atoms. The highest BCUT2D eigenvalue weighted by Crippen LogP contribution is 2.17. The number of ether oxygens (including phenoxy) is 1. The van der Waals surface area contributed by atoms with Crippen LogP contribution in [0.2, 0.25) is 0 Å². The normalized spacial score (nSPS) is 28.3. The Kier molecular flexibility index (Phi) is 2.47. The standard InChI is InChI=1S/C8H15N2O2/c1-5-7-6-10(12-4)8(2,9-7)11-3/h6H,5H2,1-4H3/q+1. The number of nitrogens with zero attached hydrogens (tertiary/aromatic N) is 2. The fraction of sp³-hybridized carbons (Fsp3) is 0.750. The third kappa shape index (κ3) is 1.34. The summed E-state index contributed by atoms with van der Waals surface area (Å²) in [6, 6.07) is 0. The second-order valence-corrected chi connectivity index (χ2v) is 2.73. The molecule has 1 unspecified atom stereocenters. The SMILES string of the molecule is CCC1=NC(C)(OC)[N+](OC)=C1. The maximum atomic E-state index is 5.22. The van der Waals surface area contributed by atoms with Crippen molar-refractivity contribution in [2.24, 2.45) is 4.99 Å². The van der Waals surface area contributed by atoms with Gasteiger partial charge in [-0.15, -0.1) is 0 Å². The van der Waals surface area contributed by atoms with Crippen LogP contribution in [0, 0.1) is 0 Å². The van der Waals surface area contributed by atoms with Crippen LogP contribution in [0.3, 0.4) is 0 Å². The van der Waals surface area contributed by atoms with E-state index in [0.29, 0.717) is 0 Å². The Morgan fingerprint density at radius 1 is 1.58 bits per heavy atom. The Hall–Kier alpha value is -0.900. The van der Waals surface area contributed by atoms with Gasteiger partial charge in [0.25, 0.3) is 0 Å². The highest BCUT2D eigenvalue weighted by atomic mass is 16.7. The first kappa shape index (κ1) is 9.19. The van der Waals surface area contributed by atoms with Gasteiger partial charge in [-0.1, -0.05) is 6.92 Å². The van der Waals surface area contributed by atoms with Crippen molar-refractivity contribution in [3.63, 3.8) is 0 Å². The van der Waals surface area contributed by atoms with Crippen molar-refractivity contribution < 1.29 is 14.3 Å². The largest absolute Gasteiger partial charge is 0.413 e. The molecule has 0 aromatic carbocycles. The molecule has 0 saturated heterocycles. The lowest BCUT2D eigenvalue weighted by Crippen LogP contribution is -2.36. The van der Waals surface area contributed by atoms with Gasteiger partial charge < -0.3 is 0 Å². The lowest BCUT2D eigenvalue weighted by molar-refractivity contribution is -0.849. The topological polar surface area (TPSA) is 33.8 Å². The van der Waals surface area contributed by atoms with Crippen LogP contribution < -0.4 is 0 Å². The van der Waals surface area contributed by atoms with E-state index in [0.717, 1.165) is 12.1 Å². The van der Waals surface area contributed by atoms with Gasteiger partial charge in [0, 0.05) is 11.8 Å². The summed E-state index contributed by atoms with van der Waals surface area (Å²) >= 11 is 0. The quantitative estimate of drug-likeness (QED) is 0.589. The Labute approximate surface area is 72.5 Å². The molecule has 1 rings (SSSR count). The molecule has 0 aromatic rings. The zero-order chi connectivity index (χ0) is 9.19. The van der Waals surface area contributed by atoms with E-state index in [9.17, 15) is 0 Å². The number of hydrogen-bond acceptors (Lipinski definition) is 3. The third-order valence-electron chi connectivity index (χ3n) is 1.97. The van der Waals surface area contributed by atoms with E-state index in [2.05, 4.69) is 4.99 Å². The number of hydrogen-bond donors (Lipinski definition) is 0. The summed E-state index contributed by atoms with van der Waals surface area (Å²) in [5.74, 6) is -0.680. The zero-order valence-corrected chi connectivity index (χ0v) is 8.00. The van der Waals surface area contributed by atoms with Crippen LogP contribution in [-0.2, 0) is 9.57 Å². The molecule has 1 aliphatic heterocycles. The van der Waals surface area contributed by atoms with Crippen molar-refractivity contribution in [3.05, 3.63) is 0 Å². The molecule has 0 spiro atoms. The first-order chi connectivity index (χ1) is 5.66. The minimum atomic E-state index is -0.680. The molecule has 4 heteroatoms. The second kappa shape index (κ2) is 3.23. The fourth-order valence-corrected chi connectivity index (χ4v) is 1.13. The smallest absolute Gasteiger partial charge is 0.300 e. The van der Waals surface area contributed by atoms with Crippen LogP contribution in [0.25, 0.3) is 0 Å². The minimum absolute atomic E-state index is 0.680. The molecule has 1 atom stereocenters. The van der Waals surface area contributed by atoms with Gasteiger partial charge >= 0.3 is 5.85 Å². The van der Waals surface area contributed by atoms with Gasteiger partial charge in [-0.05, 0) is 6.42 Å². The summed E-state index contributed by atoms with van der Waals surface area (Å²) in [6.07, 6.45) is 2.74. The highest BCUT2D eigenvalue weighted by Gasteiger charge is 2.43. The van der Waals surface area contributed by atoms with Crippen molar-refractivity contribution >= 4 is 11.9 Å². The van der Waals surface area contributed by atoms with Crippen molar-refractivity contribution in [1.29, 1.82) is 0 Å². The van der Waals surface area contributed by atoms with Crippen LogP contribution in [-0.4, -0.2) is 36.7 Å². The average molecular weight is 171 g/mol. The summed E-state index contributed by atoms with van der Waals surface area (Å²) in [4.78, 5) is 9.44. The van der Waals surface area contributed by atoms with Crippen molar-refractivity contribution in [3.8, 4) is 0 Å². The first-order valence-electron chi connectivity index (χ1n) is 3.98. The van der Waals surface area contributed by atoms with Gasteiger partial charge in [0.15, 0.2) is 0 Å². The van der Waals surface area contributed by atoms with Gasteiger partial charge in [0.1, 0.15) is 12.8 Å². The summed E-state index contributed by atoms with van der Waals surface area (Å²) in [5, 5.41) is 0. The Bertz CT molecular complexity index is 235. The van der Waals surface area contributed by atoms with E-state index in [1.54, 1.807) is 19.0 Å². The molecule has 0 fully saturated rings. The molecule has 4 nitrogen and oxygen atoms in total. The van der Waals surface area contributed by atoms with E-state index >= 15 is 0 Å². The van der Waals surface area contributed by atoms with E-state index in [1.807, 2.05) is 20.1 Å². The molecular formula is C8H15N2O2+. The zero-order valence-electron chi connectivity index (χ0n) is 8.00.